The van der Waals surface area contributed by atoms with Gasteiger partial charge in [0.25, 0.3) is 0 Å². The maximum Gasteiger partial charge on any atom is 0.246 e. The van der Waals surface area contributed by atoms with E-state index in [1.165, 1.54) is 6.21 Å². The fourth-order valence-electron chi connectivity index (χ4n) is 2.27. The monoisotopic (exact) mass is 281 g/mol. The smallest absolute Gasteiger partial charge is 0.246 e. The number of nitrogens with zero attached hydrogens (tertiary/aromatic N) is 3. The van der Waals surface area contributed by atoms with E-state index in [0.717, 1.165) is 39.9 Å². The highest BCUT2D eigenvalue weighted by Gasteiger charge is 2.13. The van der Waals surface area contributed by atoms with Crippen molar-refractivity contribution in [3.8, 4) is 11.6 Å². The van der Waals surface area contributed by atoms with Crippen LogP contribution in [0.1, 0.15) is 23.6 Å². The van der Waals surface area contributed by atoms with Gasteiger partial charge in [0.05, 0.1) is 6.21 Å². The van der Waals surface area contributed by atoms with Crippen LogP contribution in [-0.2, 0) is 6.42 Å². The van der Waals surface area contributed by atoms with Crippen molar-refractivity contribution in [3.63, 3.8) is 0 Å². The largest absolute Gasteiger partial charge is 0.435 e. The molecule has 0 fully saturated rings. The van der Waals surface area contributed by atoms with Crippen LogP contribution in [-0.4, -0.2) is 21.4 Å². The molecule has 0 saturated carbocycles. The average molecular weight is 281 g/mol. The first-order valence-electron chi connectivity index (χ1n) is 6.75. The number of hydrogen-bond acceptors (Lipinski definition) is 5. The van der Waals surface area contributed by atoms with Crippen molar-refractivity contribution in [3.05, 3.63) is 47.2 Å². The highest BCUT2D eigenvalue weighted by Crippen LogP contribution is 2.26. The van der Waals surface area contributed by atoms with Crippen LogP contribution in [0.25, 0.3) is 22.7 Å². The highest BCUT2D eigenvalue weighted by molar-refractivity contribution is 5.81. The van der Waals surface area contributed by atoms with Gasteiger partial charge in [0.1, 0.15) is 11.2 Å². The van der Waals surface area contributed by atoms with E-state index in [1.54, 1.807) is 6.20 Å². The lowest BCUT2D eigenvalue weighted by Crippen LogP contribution is -1.95. The van der Waals surface area contributed by atoms with Crippen LogP contribution in [0.5, 0.6) is 0 Å². The van der Waals surface area contributed by atoms with E-state index in [9.17, 15) is 0 Å². The number of aromatic nitrogens is 2. The third kappa shape index (κ3) is 2.50. The Labute approximate surface area is 122 Å². The number of fused-ring (bicyclic) bond motifs is 1. The van der Waals surface area contributed by atoms with Gasteiger partial charge in [0, 0.05) is 11.8 Å². The Morgan fingerprint density at radius 2 is 2.19 bits per heavy atom. The van der Waals surface area contributed by atoms with Crippen molar-refractivity contribution >= 4 is 17.3 Å². The Morgan fingerprint density at radius 1 is 1.33 bits per heavy atom. The minimum atomic E-state index is 0.514. The van der Waals surface area contributed by atoms with Gasteiger partial charge in [-0.15, -0.1) is 0 Å². The Balaban J connectivity index is 2.12. The average Bonchev–Trinajstić information content (AvgIpc) is 2.90. The van der Waals surface area contributed by atoms with Crippen LogP contribution in [0.2, 0.25) is 0 Å². The second kappa shape index (κ2) is 5.36. The van der Waals surface area contributed by atoms with Gasteiger partial charge in [-0.2, -0.15) is 0 Å². The zero-order valence-corrected chi connectivity index (χ0v) is 11.9. The first-order valence-corrected chi connectivity index (χ1v) is 6.75. The van der Waals surface area contributed by atoms with Crippen LogP contribution in [0.4, 0.5) is 0 Å². The van der Waals surface area contributed by atoms with Crippen molar-refractivity contribution in [2.24, 2.45) is 5.16 Å². The summed E-state index contributed by atoms with van der Waals surface area (Å²) in [5.74, 6) is 0.514. The topological polar surface area (TPSA) is 71.5 Å². The number of oxazole rings is 1. The third-order valence-corrected chi connectivity index (χ3v) is 3.32. The summed E-state index contributed by atoms with van der Waals surface area (Å²) in [7, 11) is 0. The molecule has 0 atom stereocenters. The molecular formula is C16H15N3O2. The van der Waals surface area contributed by atoms with Gasteiger partial charge in [-0.05, 0) is 42.7 Å². The van der Waals surface area contributed by atoms with Gasteiger partial charge in [0.2, 0.25) is 5.89 Å². The van der Waals surface area contributed by atoms with E-state index >= 15 is 0 Å². The van der Waals surface area contributed by atoms with Crippen molar-refractivity contribution in [2.45, 2.75) is 20.3 Å². The second-order valence-corrected chi connectivity index (χ2v) is 4.86. The van der Waals surface area contributed by atoms with Crippen LogP contribution in [0, 0.1) is 6.92 Å². The van der Waals surface area contributed by atoms with Gasteiger partial charge < -0.3 is 9.62 Å². The number of oxime groups is 1. The number of benzene rings is 1. The Hall–Kier alpha value is -2.69. The van der Waals surface area contributed by atoms with E-state index in [4.69, 9.17) is 9.62 Å². The number of pyridine rings is 1. The van der Waals surface area contributed by atoms with Gasteiger partial charge in [-0.1, -0.05) is 18.1 Å². The normalized spacial score (nSPS) is 11.5. The molecule has 0 saturated heterocycles. The van der Waals surface area contributed by atoms with Gasteiger partial charge in [-0.25, -0.2) is 4.98 Å². The maximum atomic E-state index is 8.60. The Kier molecular flexibility index (Phi) is 3.39. The van der Waals surface area contributed by atoms with Gasteiger partial charge >= 0.3 is 0 Å². The molecule has 3 rings (SSSR count). The quantitative estimate of drug-likeness (QED) is 0.452. The third-order valence-electron chi connectivity index (χ3n) is 3.32. The van der Waals surface area contributed by atoms with Crippen molar-refractivity contribution < 1.29 is 9.62 Å². The molecule has 106 valence electrons. The standard InChI is InChI=1S/C16H15N3O2/c1-3-12-7-11(9-18-20)8-17-15(12)16-19-13-6-10(2)4-5-14(13)21-16/h4-9,20H,3H2,1-2H3/b18-9+. The molecule has 0 bridgehead atoms. The minimum Gasteiger partial charge on any atom is -0.435 e. The first-order chi connectivity index (χ1) is 10.2. The van der Waals surface area contributed by atoms with Gasteiger partial charge in [0.15, 0.2) is 5.58 Å². The van der Waals surface area contributed by atoms with Crippen molar-refractivity contribution in [2.75, 3.05) is 0 Å². The van der Waals surface area contributed by atoms with Crippen LogP contribution in [0.15, 0.2) is 40.0 Å². The summed E-state index contributed by atoms with van der Waals surface area (Å²) in [4.78, 5) is 8.91. The summed E-state index contributed by atoms with van der Waals surface area (Å²) >= 11 is 0. The zero-order chi connectivity index (χ0) is 14.8. The molecule has 1 aromatic carbocycles. The summed E-state index contributed by atoms with van der Waals surface area (Å²) < 4.78 is 5.79. The van der Waals surface area contributed by atoms with E-state index in [-0.39, 0.29) is 0 Å². The Bertz CT molecular complexity index is 822. The predicted octanol–water partition coefficient (Wildman–Crippen LogP) is 3.57. The zero-order valence-electron chi connectivity index (χ0n) is 11.9. The molecule has 0 amide bonds. The first kappa shape index (κ1) is 13.3. The molecule has 2 heterocycles. The Morgan fingerprint density at radius 3 is 2.95 bits per heavy atom. The summed E-state index contributed by atoms with van der Waals surface area (Å²) in [5.41, 5.74) is 5.18. The van der Waals surface area contributed by atoms with E-state index < -0.39 is 0 Å². The van der Waals surface area contributed by atoms with Crippen molar-refractivity contribution in [1.82, 2.24) is 9.97 Å². The fraction of sp³-hybridized carbons (Fsp3) is 0.188. The SMILES string of the molecule is CCc1cc(/C=N/O)cnc1-c1nc2cc(C)ccc2o1. The molecule has 0 aliphatic heterocycles. The number of hydrogen-bond donors (Lipinski definition) is 1. The summed E-state index contributed by atoms with van der Waals surface area (Å²) in [5, 5.41) is 11.6. The number of rotatable bonds is 3. The van der Waals surface area contributed by atoms with E-state index in [1.807, 2.05) is 38.1 Å². The maximum absolute atomic E-state index is 8.60. The van der Waals surface area contributed by atoms with Crippen LogP contribution in [0.3, 0.4) is 0 Å². The van der Waals surface area contributed by atoms with Crippen molar-refractivity contribution in [1.29, 1.82) is 0 Å². The fourth-order valence-corrected chi connectivity index (χ4v) is 2.27. The molecule has 2 aromatic heterocycles. The minimum absolute atomic E-state index is 0.514. The van der Waals surface area contributed by atoms with Crippen LogP contribution < -0.4 is 0 Å². The molecule has 0 aliphatic rings. The molecule has 0 aliphatic carbocycles. The molecule has 0 radical (unpaired) electrons. The molecule has 21 heavy (non-hydrogen) atoms. The predicted molar refractivity (Wildman–Crippen MR) is 80.7 cm³/mol. The molecular weight excluding hydrogens is 266 g/mol. The second-order valence-electron chi connectivity index (χ2n) is 4.86. The molecule has 1 N–H and O–H groups in total. The lowest BCUT2D eigenvalue weighted by Gasteiger charge is -2.03. The number of aryl methyl sites for hydroxylation is 2. The lowest BCUT2D eigenvalue weighted by molar-refractivity contribution is 0.322. The molecule has 5 nitrogen and oxygen atoms in total. The molecule has 0 spiro atoms. The van der Waals surface area contributed by atoms with Crippen LogP contribution >= 0.6 is 0 Å². The highest BCUT2D eigenvalue weighted by atomic mass is 16.4. The summed E-state index contributed by atoms with van der Waals surface area (Å²) in [6, 6.07) is 7.81. The summed E-state index contributed by atoms with van der Waals surface area (Å²) in [6.07, 6.45) is 3.77. The lowest BCUT2D eigenvalue weighted by atomic mass is 10.1. The van der Waals surface area contributed by atoms with E-state index in [2.05, 4.69) is 15.1 Å². The molecule has 0 unspecified atom stereocenters. The van der Waals surface area contributed by atoms with E-state index in [0.29, 0.717) is 5.89 Å². The summed E-state index contributed by atoms with van der Waals surface area (Å²) in [6.45, 7) is 4.06. The molecule has 3 aromatic rings. The van der Waals surface area contributed by atoms with Gasteiger partial charge in [-0.3, -0.25) is 4.98 Å². The molecule has 5 heteroatoms.